The highest BCUT2D eigenvalue weighted by Gasteiger charge is 2.20. The predicted molar refractivity (Wildman–Crippen MR) is 80.5 cm³/mol. The van der Waals surface area contributed by atoms with Crippen molar-refractivity contribution in [3.63, 3.8) is 0 Å². The van der Waals surface area contributed by atoms with E-state index in [-0.39, 0.29) is 12.1 Å². The molecule has 1 aromatic carbocycles. The highest BCUT2D eigenvalue weighted by atomic mass is 35.5. The first-order valence-corrected chi connectivity index (χ1v) is 6.80. The van der Waals surface area contributed by atoms with Crippen molar-refractivity contribution in [3.05, 3.63) is 28.8 Å². The van der Waals surface area contributed by atoms with Crippen LogP contribution in [0.5, 0.6) is 5.75 Å². The fourth-order valence-electron chi connectivity index (χ4n) is 2.05. The molecule has 0 heterocycles. The molecule has 1 aromatic rings. The lowest BCUT2D eigenvalue weighted by molar-refractivity contribution is 0.394. The molecule has 3 N–H and O–H groups in total. The fourth-order valence-corrected chi connectivity index (χ4v) is 2.35. The van der Waals surface area contributed by atoms with Gasteiger partial charge >= 0.3 is 0 Å². The number of nitrogens with one attached hydrogen (secondary N) is 1. The Morgan fingerprint density at radius 1 is 1.53 bits per heavy atom. The quantitative estimate of drug-likeness (QED) is 0.755. The van der Waals surface area contributed by atoms with Crippen molar-refractivity contribution >= 4 is 11.6 Å². The standard InChI is InChI=1S/C15H21ClN2O/c1-4-7-11(5-2)18-13(10-17)15-12(16)8-6-9-14(15)19-3/h2,6,8-9,11,13,18H,4,7,10,17H2,1,3H3. The molecule has 19 heavy (non-hydrogen) atoms. The van der Waals surface area contributed by atoms with Gasteiger partial charge in [0.1, 0.15) is 5.75 Å². The van der Waals surface area contributed by atoms with Crippen LogP contribution in [0.4, 0.5) is 0 Å². The Kier molecular flexibility index (Phi) is 6.72. The average molecular weight is 281 g/mol. The zero-order valence-corrected chi connectivity index (χ0v) is 12.2. The lowest BCUT2D eigenvalue weighted by Gasteiger charge is -2.24. The van der Waals surface area contributed by atoms with Gasteiger partial charge < -0.3 is 10.5 Å². The molecule has 0 aliphatic heterocycles. The van der Waals surface area contributed by atoms with Gasteiger partial charge in [0.15, 0.2) is 0 Å². The molecular weight excluding hydrogens is 260 g/mol. The lowest BCUT2D eigenvalue weighted by atomic mass is 10.0. The summed E-state index contributed by atoms with van der Waals surface area (Å²) in [6, 6.07) is 5.42. The maximum absolute atomic E-state index is 6.26. The van der Waals surface area contributed by atoms with Crippen LogP contribution in [0.25, 0.3) is 0 Å². The molecule has 0 fully saturated rings. The molecule has 1 rings (SSSR count). The fraction of sp³-hybridized carbons (Fsp3) is 0.467. The van der Waals surface area contributed by atoms with Crippen LogP contribution >= 0.6 is 11.6 Å². The Bertz CT molecular complexity index is 442. The van der Waals surface area contributed by atoms with Crippen LogP contribution in [0, 0.1) is 12.3 Å². The van der Waals surface area contributed by atoms with Crippen molar-refractivity contribution < 1.29 is 4.74 Å². The second-order valence-corrected chi connectivity index (χ2v) is 4.73. The number of ether oxygens (including phenoxy) is 1. The molecular formula is C15H21ClN2O. The lowest BCUT2D eigenvalue weighted by Crippen LogP contribution is -2.36. The summed E-state index contributed by atoms with van der Waals surface area (Å²) in [4.78, 5) is 0. The van der Waals surface area contributed by atoms with E-state index in [9.17, 15) is 0 Å². The predicted octanol–water partition coefficient (Wildman–Crippen LogP) is 2.74. The second-order valence-electron chi connectivity index (χ2n) is 4.32. The summed E-state index contributed by atoms with van der Waals surface area (Å²) < 4.78 is 5.35. The van der Waals surface area contributed by atoms with E-state index in [0.29, 0.717) is 11.6 Å². The van der Waals surface area contributed by atoms with Gasteiger partial charge in [0.05, 0.1) is 19.2 Å². The molecule has 0 radical (unpaired) electrons. The number of nitrogens with two attached hydrogens (primary N) is 1. The maximum Gasteiger partial charge on any atom is 0.125 e. The third-order valence-corrected chi connectivity index (χ3v) is 3.33. The third-order valence-electron chi connectivity index (χ3n) is 3.00. The van der Waals surface area contributed by atoms with E-state index in [0.717, 1.165) is 24.2 Å². The molecule has 0 amide bonds. The summed E-state index contributed by atoms with van der Waals surface area (Å²) in [5, 5.41) is 3.99. The molecule has 2 unspecified atom stereocenters. The Labute approximate surface area is 120 Å². The van der Waals surface area contributed by atoms with E-state index in [1.807, 2.05) is 18.2 Å². The number of hydrogen-bond acceptors (Lipinski definition) is 3. The van der Waals surface area contributed by atoms with Crippen LogP contribution in [-0.2, 0) is 0 Å². The van der Waals surface area contributed by atoms with Gasteiger partial charge in [0.25, 0.3) is 0 Å². The van der Waals surface area contributed by atoms with E-state index in [1.54, 1.807) is 7.11 Å². The second kappa shape index (κ2) is 8.06. The van der Waals surface area contributed by atoms with Crippen molar-refractivity contribution in [2.75, 3.05) is 13.7 Å². The first-order chi connectivity index (χ1) is 9.17. The molecule has 0 aromatic heterocycles. The van der Waals surface area contributed by atoms with Crippen molar-refractivity contribution in [2.24, 2.45) is 5.73 Å². The van der Waals surface area contributed by atoms with Crippen molar-refractivity contribution in [1.29, 1.82) is 0 Å². The Morgan fingerprint density at radius 3 is 2.79 bits per heavy atom. The van der Waals surface area contributed by atoms with E-state index >= 15 is 0 Å². The van der Waals surface area contributed by atoms with Crippen molar-refractivity contribution in [3.8, 4) is 18.1 Å². The van der Waals surface area contributed by atoms with E-state index in [1.165, 1.54) is 0 Å². The molecule has 0 bridgehead atoms. The SMILES string of the molecule is C#CC(CCC)NC(CN)c1c(Cl)cccc1OC. The van der Waals surface area contributed by atoms with Gasteiger partial charge in [-0.2, -0.15) is 0 Å². The molecule has 2 atom stereocenters. The van der Waals surface area contributed by atoms with Gasteiger partial charge in [-0.15, -0.1) is 6.42 Å². The molecule has 0 saturated heterocycles. The van der Waals surface area contributed by atoms with Crippen LogP contribution < -0.4 is 15.8 Å². The topological polar surface area (TPSA) is 47.3 Å². The van der Waals surface area contributed by atoms with Crippen LogP contribution in [0.2, 0.25) is 5.02 Å². The number of benzene rings is 1. The Morgan fingerprint density at radius 2 is 2.26 bits per heavy atom. The summed E-state index contributed by atoms with van der Waals surface area (Å²) in [7, 11) is 1.62. The van der Waals surface area contributed by atoms with E-state index in [2.05, 4.69) is 18.2 Å². The first-order valence-electron chi connectivity index (χ1n) is 6.42. The number of halogens is 1. The highest BCUT2D eigenvalue weighted by Crippen LogP contribution is 2.32. The molecule has 0 aliphatic rings. The van der Waals surface area contributed by atoms with Gasteiger partial charge in [-0.1, -0.05) is 36.9 Å². The first kappa shape index (κ1) is 15.8. The van der Waals surface area contributed by atoms with E-state index in [4.69, 9.17) is 28.5 Å². The largest absolute Gasteiger partial charge is 0.496 e. The smallest absolute Gasteiger partial charge is 0.125 e. The minimum atomic E-state index is -0.115. The molecule has 3 nitrogen and oxygen atoms in total. The van der Waals surface area contributed by atoms with Gasteiger partial charge in [-0.3, -0.25) is 5.32 Å². The van der Waals surface area contributed by atoms with Crippen molar-refractivity contribution in [1.82, 2.24) is 5.32 Å². The number of methoxy groups -OCH3 is 1. The number of terminal acetylenes is 1. The monoisotopic (exact) mass is 280 g/mol. The summed E-state index contributed by atoms with van der Waals surface area (Å²) in [5.41, 5.74) is 6.72. The van der Waals surface area contributed by atoms with Gasteiger partial charge in [0, 0.05) is 17.1 Å². The summed E-state index contributed by atoms with van der Waals surface area (Å²) in [6.07, 6.45) is 7.45. The molecule has 0 aliphatic carbocycles. The molecule has 4 heteroatoms. The average Bonchev–Trinajstić information content (AvgIpc) is 2.43. The van der Waals surface area contributed by atoms with Crippen LogP contribution in [0.1, 0.15) is 31.4 Å². The van der Waals surface area contributed by atoms with Gasteiger partial charge in [-0.05, 0) is 18.6 Å². The Balaban J connectivity index is 3.00. The normalized spacial score (nSPS) is 13.6. The summed E-state index contributed by atoms with van der Waals surface area (Å²) in [6.45, 7) is 2.50. The third kappa shape index (κ3) is 4.14. The zero-order chi connectivity index (χ0) is 14.3. The minimum absolute atomic E-state index is 0.0143. The molecule has 0 saturated carbocycles. The van der Waals surface area contributed by atoms with Crippen LogP contribution in [0.15, 0.2) is 18.2 Å². The summed E-state index contributed by atoms with van der Waals surface area (Å²) >= 11 is 6.26. The molecule has 0 spiro atoms. The number of rotatable bonds is 7. The molecule has 104 valence electrons. The minimum Gasteiger partial charge on any atom is -0.496 e. The zero-order valence-electron chi connectivity index (χ0n) is 11.4. The van der Waals surface area contributed by atoms with E-state index < -0.39 is 0 Å². The number of hydrogen-bond donors (Lipinski definition) is 2. The van der Waals surface area contributed by atoms with Crippen LogP contribution in [0.3, 0.4) is 0 Å². The van der Waals surface area contributed by atoms with Crippen LogP contribution in [-0.4, -0.2) is 19.7 Å². The Hall–Kier alpha value is -1.21. The maximum atomic E-state index is 6.26. The van der Waals surface area contributed by atoms with Gasteiger partial charge in [-0.25, -0.2) is 0 Å². The van der Waals surface area contributed by atoms with Crippen molar-refractivity contribution in [2.45, 2.75) is 31.8 Å². The highest BCUT2D eigenvalue weighted by molar-refractivity contribution is 6.31. The van der Waals surface area contributed by atoms with Gasteiger partial charge in [0.2, 0.25) is 0 Å². The summed E-state index contributed by atoms with van der Waals surface area (Å²) in [5.74, 6) is 3.47.